The molecule has 3 N–H and O–H groups in total. The van der Waals surface area contributed by atoms with E-state index in [9.17, 15) is 9.59 Å². The highest BCUT2D eigenvalue weighted by atomic mass is 16.5. The largest absolute Gasteiger partial charge is 0.462 e. The lowest BCUT2D eigenvalue weighted by Gasteiger charge is -2.06. The van der Waals surface area contributed by atoms with Crippen molar-refractivity contribution in [1.29, 1.82) is 0 Å². The lowest BCUT2D eigenvalue weighted by atomic mass is 10.2. The molecule has 1 heterocycles. The van der Waals surface area contributed by atoms with Crippen LogP contribution in [0.4, 0.5) is 11.4 Å². The molecular formula is C21H26N4O4. The van der Waals surface area contributed by atoms with E-state index in [-0.39, 0.29) is 11.9 Å². The smallest absolute Gasteiger partial charge is 0.338 e. The van der Waals surface area contributed by atoms with Gasteiger partial charge < -0.3 is 25.1 Å². The minimum atomic E-state index is -0.346. The number of aryl methyl sites for hydroxylation is 1. The highest BCUT2D eigenvalue weighted by Gasteiger charge is 2.09. The minimum Gasteiger partial charge on any atom is -0.462 e. The molecule has 29 heavy (non-hydrogen) atoms. The van der Waals surface area contributed by atoms with Gasteiger partial charge in [0.05, 0.1) is 53.1 Å². The summed E-state index contributed by atoms with van der Waals surface area (Å²) in [5, 5.41) is 2.92. The van der Waals surface area contributed by atoms with Gasteiger partial charge in [-0.2, -0.15) is 0 Å². The number of carbonyl (C=O) groups is 2. The van der Waals surface area contributed by atoms with Crippen LogP contribution in [0.25, 0.3) is 11.0 Å². The fraction of sp³-hybridized carbons (Fsp3) is 0.286. The summed E-state index contributed by atoms with van der Waals surface area (Å²) in [7, 11) is 3.69. The van der Waals surface area contributed by atoms with Crippen LogP contribution in [-0.4, -0.2) is 41.8 Å². The van der Waals surface area contributed by atoms with Crippen molar-refractivity contribution in [2.45, 2.75) is 13.8 Å². The van der Waals surface area contributed by atoms with Gasteiger partial charge in [0.1, 0.15) is 0 Å². The van der Waals surface area contributed by atoms with Gasteiger partial charge >= 0.3 is 11.9 Å². The number of nitrogens with one attached hydrogen (secondary N) is 1. The molecule has 0 radical (unpaired) electrons. The Labute approximate surface area is 169 Å². The number of nitrogens with two attached hydrogens (primary N) is 1. The van der Waals surface area contributed by atoms with Gasteiger partial charge in [0.15, 0.2) is 0 Å². The topological polar surface area (TPSA) is 108 Å². The second-order valence-corrected chi connectivity index (χ2v) is 6.05. The van der Waals surface area contributed by atoms with Crippen LogP contribution in [0.3, 0.4) is 0 Å². The van der Waals surface area contributed by atoms with Crippen LogP contribution >= 0.6 is 0 Å². The molecule has 0 unspecified atom stereocenters. The first-order valence-electron chi connectivity index (χ1n) is 9.23. The van der Waals surface area contributed by atoms with Crippen LogP contribution in [0, 0.1) is 0 Å². The van der Waals surface area contributed by atoms with Gasteiger partial charge in [-0.15, -0.1) is 0 Å². The van der Waals surface area contributed by atoms with Crippen molar-refractivity contribution in [3.05, 3.63) is 53.9 Å². The SMILES string of the molecule is CCOC(=O)c1ccc(NC)c(N)c1.CCOC(=O)c1ccc2c(c1)ncn2C. The second-order valence-electron chi connectivity index (χ2n) is 6.05. The van der Waals surface area contributed by atoms with Gasteiger partial charge in [-0.25, -0.2) is 14.6 Å². The summed E-state index contributed by atoms with van der Waals surface area (Å²) in [6.45, 7) is 4.31. The highest BCUT2D eigenvalue weighted by molar-refractivity contribution is 5.93. The Balaban J connectivity index is 0.000000208. The molecule has 0 aliphatic rings. The fourth-order valence-corrected chi connectivity index (χ4v) is 2.61. The summed E-state index contributed by atoms with van der Waals surface area (Å²) in [5.74, 6) is -0.646. The molecule has 0 aliphatic carbocycles. The van der Waals surface area contributed by atoms with Crippen LogP contribution in [0.15, 0.2) is 42.7 Å². The van der Waals surface area contributed by atoms with Crippen molar-refractivity contribution in [3.8, 4) is 0 Å². The van der Waals surface area contributed by atoms with Crippen molar-refractivity contribution >= 4 is 34.3 Å². The molecular weight excluding hydrogens is 372 g/mol. The van der Waals surface area contributed by atoms with Crippen LogP contribution in [0.1, 0.15) is 34.6 Å². The van der Waals surface area contributed by atoms with Crippen LogP contribution in [-0.2, 0) is 16.5 Å². The maximum absolute atomic E-state index is 11.4. The van der Waals surface area contributed by atoms with Crippen molar-refractivity contribution in [3.63, 3.8) is 0 Å². The molecule has 0 aliphatic heterocycles. The number of hydrogen-bond acceptors (Lipinski definition) is 7. The molecule has 0 fully saturated rings. The van der Waals surface area contributed by atoms with Crippen LogP contribution in [0.2, 0.25) is 0 Å². The second kappa shape index (κ2) is 10.1. The highest BCUT2D eigenvalue weighted by Crippen LogP contribution is 2.19. The molecule has 154 valence electrons. The molecule has 8 heteroatoms. The van der Waals surface area contributed by atoms with E-state index < -0.39 is 0 Å². The summed E-state index contributed by atoms with van der Waals surface area (Å²) < 4.78 is 11.7. The predicted molar refractivity (Wildman–Crippen MR) is 113 cm³/mol. The number of nitrogens with zero attached hydrogens (tertiary/aromatic N) is 2. The van der Waals surface area contributed by atoms with Crippen molar-refractivity contribution in [1.82, 2.24) is 9.55 Å². The lowest BCUT2D eigenvalue weighted by Crippen LogP contribution is -2.06. The molecule has 0 bridgehead atoms. The summed E-state index contributed by atoms with van der Waals surface area (Å²) in [6, 6.07) is 10.4. The first-order chi connectivity index (χ1) is 13.9. The van der Waals surface area contributed by atoms with E-state index in [1.165, 1.54) is 0 Å². The zero-order chi connectivity index (χ0) is 21.4. The number of anilines is 2. The van der Waals surface area contributed by atoms with Crippen LogP contribution in [0.5, 0.6) is 0 Å². The number of esters is 2. The number of rotatable bonds is 5. The Morgan fingerprint density at radius 1 is 1.03 bits per heavy atom. The number of benzene rings is 2. The van der Waals surface area contributed by atoms with E-state index in [0.717, 1.165) is 16.7 Å². The van der Waals surface area contributed by atoms with Crippen LogP contribution < -0.4 is 11.1 Å². The van der Waals surface area contributed by atoms with Gasteiger partial charge in [-0.1, -0.05) is 0 Å². The zero-order valence-corrected chi connectivity index (χ0v) is 17.1. The van der Waals surface area contributed by atoms with E-state index in [2.05, 4.69) is 10.3 Å². The summed E-state index contributed by atoms with van der Waals surface area (Å²) >= 11 is 0. The van der Waals surface area contributed by atoms with Gasteiger partial charge in [-0.05, 0) is 50.2 Å². The monoisotopic (exact) mass is 398 g/mol. The molecule has 8 nitrogen and oxygen atoms in total. The number of aromatic nitrogens is 2. The molecule has 0 saturated carbocycles. The normalized spacial score (nSPS) is 10.1. The third-order valence-electron chi connectivity index (χ3n) is 4.07. The summed E-state index contributed by atoms with van der Waals surface area (Å²) in [6.07, 6.45) is 1.72. The Morgan fingerprint density at radius 3 is 2.17 bits per heavy atom. The molecule has 3 rings (SSSR count). The predicted octanol–water partition coefficient (Wildman–Crippen LogP) is 3.24. The van der Waals surface area contributed by atoms with Crippen molar-refractivity contribution in [2.24, 2.45) is 7.05 Å². The van der Waals surface area contributed by atoms with Crippen molar-refractivity contribution < 1.29 is 19.1 Å². The molecule has 0 amide bonds. The maximum Gasteiger partial charge on any atom is 0.338 e. The van der Waals surface area contributed by atoms with Gasteiger partial charge in [0.2, 0.25) is 0 Å². The van der Waals surface area contributed by atoms with E-state index in [1.54, 1.807) is 57.6 Å². The Kier molecular flexibility index (Phi) is 7.59. The number of carbonyl (C=O) groups excluding carboxylic acids is 2. The molecule has 3 aromatic rings. The third-order valence-corrected chi connectivity index (χ3v) is 4.07. The van der Waals surface area contributed by atoms with E-state index in [1.807, 2.05) is 17.7 Å². The third kappa shape index (κ3) is 5.47. The summed E-state index contributed by atoms with van der Waals surface area (Å²) in [5.41, 5.74) is 9.87. The number of nitrogen functional groups attached to an aromatic ring is 1. The molecule has 1 aromatic heterocycles. The van der Waals surface area contributed by atoms with Gasteiger partial charge in [-0.3, -0.25) is 0 Å². The lowest BCUT2D eigenvalue weighted by molar-refractivity contribution is 0.0517. The Hall–Kier alpha value is -3.55. The molecule has 2 aromatic carbocycles. The van der Waals surface area contributed by atoms with E-state index in [0.29, 0.717) is 30.0 Å². The Morgan fingerprint density at radius 2 is 1.62 bits per heavy atom. The summed E-state index contributed by atoms with van der Waals surface area (Å²) in [4.78, 5) is 26.9. The van der Waals surface area contributed by atoms with E-state index >= 15 is 0 Å². The zero-order valence-electron chi connectivity index (χ0n) is 17.1. The number of fused-ring (bicyclic) bond motifs is 1. The molecule has 0 spiro atoms. The minimum absolute atomic E-state index is 0.301. The Bertz CT molecular complexity index is 998. The quantitative estimate of drug-likeness (QED) is 0.502. The molecule has 0 saturated heterocycles. The standard InChI is InChI=1S/C11H12N2O2.C10H14N2O2/c1-3-15-11(14)8-4-5-10-9(6-8)12-7-13(10)2;1-3-14-10(13)7-4-5-9(12-2)8(11)6-7/h4-7H,3H2,1-2H3;4-6,12H,3,11H2,1-2H3. The number of imidazole rings is 1. The first-order valence-corrected chi connectivity index (χ1v) is 9.23. The van der Waals surface area contributed by atoms with Gasteiger partial charge in [0, 0.05) is 14.1 Å². The first kappa shape index (κ1) is 21.7. The average Bonchev–Trinajstić information content (AvgIpc) is 3.09. The average molecular weight is 398 g/mol. The van der Waals surface area contributed by atoms with Crippen molar-refractivity contribution in [2.75, 3.05) is 31.3 Å². The molecule has 0 atom stereocenters. The van der Waals surface area contributed by atoms with E-state index in [4.69, 9.17) is 15.2 Å². The number of ether oxygens (including phenoxy) is 2. The van der Waals surface area contributed by atoms with Gasteiger partial charge in [0.25, 0.3) is 0 Å². The number of hydrogen-bond donors (Lipinski definition) is 2. The maximum atomic E-state index is 11.4. The fourth-order valence-electron chi connectivity index (χ4n) is 2.61.